The maximum Gasteiger partial charge on any atom is 0.244 e. The van der Waals surface area contributed by atoms with Crippen molar-refractivity contribution in [1.29, 1.82) is 0 Å². The highest BCUT2D eigenvalue weighted by molar-refractivity contribution is 6.03. The van der Waals surface area contributed by atoms with Crippen molar-refractivity contribution in [3.63, 3.8) is 0 Å². The highest BCUT2D eigenvalue weighted by Crippen LogP contribution is 2.58. The summed E-state index contributed by atoms with van der Waals surface area (Å²) in [5.41, 5.74) is 6.05. The van der Waals surface area contributed by atoms with Gasteiger partial charge in [0, 0.05) is 17.0 Å². The minimum Gasteiger partial charge on any atom is -0.507 e. The van der Waals surface area contributed by atoms with Gasteiger partial charge in [-0.3, -0.25) is 4.79 Å². The van der Waals surface area contributed by atoms with Crippen LogP contribution >= 0.6 is 0 Å². The Hall–Kier alpha value is -3.60. The summed E-state index contributed by atoms with van der Waals surface area (Å²) >= 11 is 0. The van der Waals surface area contributed by atoms with Gasteiger partial charge in [0.15, 0.2) is 0 Å². The number of phenols is 1. The molecule has 1 unspecified atom stereocenters. The number of rotatable bonds is 14. The summed E-state index contributed by atoms with van der Waals surface area (Å²) in [6.07, 6.45) is 8.08. The smallest absolute Gasteiger partial charge is 0.244 e. The first kappa shape index (κ1) is 27.4. The molecule has 0 heterocycles. The van der Waals surface area contributed by atoms with Crippen molar-refractivity contribution in [3.8, 4) is 11.5 Å². The Kier molecular flexibility index (Phi) is 9.58. The Morgan fingerprint density at radius 1 is 0.921 bits per heavy atom. The van der Waals surface area contributed by atoms with Crippen LogP contribution in [0.3, 0.4) is 0 Å². The standard InChI is InChI=1S/C33H40N2O3/c1-3-5-6-7-14-22-38-27-20-21-28(31(36)23-27)30(15-4-2)34-35-32(37)29-24-33(29,25-16-10-8-11-17-25)26-18-12-9-13-19-26/h8-13,16-21,23,29,36H,3-7,14-15,22,24H2,1-2H3,(H,35,37)/b34-30+. The number of ether oxygens (including phenoxy) is 1. The van der Waals surface area contributed by atoms with E-state index >= 15 is 0 Å². The third-order valence-corrected chi connectivity index (χ3v) is 7.44. The van der Waals surface area contributed by atoms with E-state index in [0.29, 0.717) is 30.1 Å². The second-order valence-electron chi connectivity index (χ2n) is 10.2. The molecule has 0 aliphatic heterocycles. The molecule has 4 rings (SSSR count). The van der Waals surface area contributed by atoms with Crippen molar-refractivity contribution in [2.75, 3.05) is 6.61 Å². The zero-order valence-electron chi connectivity index (χ0n) is 22.7. The summed E-state index contributed by atoms with van der Waals surface area (Å²) in [6.45, 7) is 4.90. The maximum absolute atomic E-state index is 13.4. The zero-order valence-corrected chi connectivity index (χ0v) is 22.7. The number of nitrogens with zero attached hydrogens (tertiary/aromatic N) is 1. The first-order valence-corrected chi connectivity index (χ1v) is 14.0. The Bertz CT molecular complexity index is 1170. The van der Waals surface area contributed by atoms with Crippen molar-refractivity contribution in [3.05, 3.63) is 95.6 Å². The molecule has 1 atom stereocenters. The Morgan fingerprint density at radius 3 is 2.18 bits per heavy atom. The third kappa shape index (κ3) is 6.45. The van der Waals surface area contributed by atoms with Crippen molar-refractivity contribution in [2.24, 2.45) is 11.0 Å². The molecule has 0 aromatic heterocycles. The molecule has 1 aliphatic carbocycles. The fourth-order valence-corrected chi connectivity index (χ4v) is 5.28. The van der Waals surface area contributed by atoms with Gasteiger partial charge in [0.05, 0.1) is 18.2 Å². The number of hydrogen-bond acceptors (Lipinski definition) is 4. The number of phenolic OH excluding ortho intramolecular Hbond substituents is 1. The molecule has 1 saturated carbocycles. The highest BCUT2D eigenvalue weighted by atomic mass is 16.5. The second kappa shape index (κ2) is 13.3. The van der Waals surface area contributed by atoms with Crippen LogP contribution < -0.4 is 10.2 Å². The van der Waals surface area contributed by atoms with E-state index in [9.17, 15) is 9.90 Å². The van der Waals surface area contributed by atoms with E-state index in [-0.39, 0.29) is 23.0 Å². The highest BCUT2D eigenvalue weighted by Gasteiger charge is 2.60. The number of nitrogens with one attached hydrogen (secondary N) is 1. The summed E-state index contributed by atoms with van der Waals surface area (Å²) in [5, 5.41) is 15.3. The van der Waals surface area contributed by atoms with Crippen molar-refractivity contribution in [1.82, 2.24) is 5.43 Å². The number of amides is 1. The van der Waals surface area contributed by atoms with Gasteiger partial charge in [-0.05, 0) is 42.5 Å². The topological polar surface area (TPSA) is 70.9 Å². The fourth-order valence-electron chi connectivity index (χ4n) is 5.28. The van der Waals surface area contributed by atoms with Crippen LogP contribution in [-0.4, -0.2) is 23.3 Å². The number of carbonyl (C=O) groups excluding carboxylic acids is 1. The van der Waals surface area contributed by atoms with Crippen molar-refractivity contribution < 1.29 is 14.6 Å². The molecule has 0 radical (unpaired) electrons. The van der Waals surface area contributed by atoms with Gasteiger partial charge in [-0.15, -0.1) is 0 Å². The lowest BCUT2D eigenvalue weighted by Crippen LogP contribution is -2.26. The molecule has 3 aromatic rings. The molecule has 0 spiro atoms. The molecule has 5 heteroatoms. The summed E-state index contributed by atoms with van der Waals surface area (Å²) in [4.78, 5) is 13.4. The monoisotopic (exact) mass is 512 g/mol. The fraction of sp³-hybridized carbons (Fsp3) is 0.394. The van der Waals surface area contributed by atoms with Crippen LogP contribution in [0.15, 0.2) is 84.0 Å². The SMILES string of the molecule is CCCCCCCOc1ccc(/C(CCC)=N/NC(=O)C2CC2(c2ccccc2)c2ccccc2)c(O)c1. The summed E-state index contributed by atoms with van der Waals surface area (Å²) in [6, 6.07) is 25.8. The molecular formula is C33H40N2O3. The Labute approximate surface area is 226 Å². The summed E-state index contributed by atoms with van der Waals surface area (Å²) in [5.74, 6) is 0.453. The molecule has 5 nitrogen and oxygen atoms in total. The first-order valence-electron chi connectivity index (χ1n) is 14.0. The van der Waals surface area contributed by atoms with Crippen LogP contribution in [0.25, 0.3) is 0 Å². The molecule has 1 fully saturated rings. The third-order valence-electron chi connectivity index (χ3n) is 7.44. The number of aromatic hydroxyl groups is 1. The molecule has 200 valence electrons. The van der Waals surface area contributed by atoms with E-state index < -0.39 is 0 Å². The lowest BCUT2D eigenvalue weighted by molar-refractivity contribution is -0.122. The maximum atomic E-state index is 13.4. The minimum atomic E-state index is -0.343. The van der Waals surface area contributed by atoms with E-state index in [4.69, 9.17) is 4.74 Å². The average molecular weight is 513 g/mol. The van der Waals surface area contributed by atoms with Gasteiger partial charge < -0.3 is 9.84 Å². The van der Waals surface area contributed by atoms with Crippen LogP contribution in [0.4, 0.5) is 0 Å². The minimum absolute atomic E-state index is 0.103. The molecule has 0 saturated heterocycles. The number of benzene rings is 3. The van der Waals surface area contributed by atoms with E-state index in [1.807, 2.05) is 48.5 Å². The molecule has 0 bridgehead atoms. The molecule has 3 aromatic carbocycles. The number of carbonyl (C=O) groups is 1. The van der Waals surface area contributed by atoms with E-state index in [1.165, 1.54) is 19.3 Å². The molecule has 38 heavy (non-hydrogen) atoms. The predicted molar refractivity (Wildman–Crippen MR) is 154 cm³/mol. The van der Waals surface area contributed by atoms with Gasteiger partial charge >= 0.3 is 0 Å². The van der Waals surface area contributed by atoms with Crippen LogP contribution in [0, 0.1) is 5.92 Å². The zero-order chi connectivity index (χ0) is 26.8. The van der Waals surface area contributed by atoms with Crippen molar-refractivity contribution >= 4 is 11.6 Å². The lowest BCUT2D eigenvalue weighted by atomic mass is 9.85. The van der Waals surface area contributed by atoms with Gasteiger partial charge in [0.2, 0.25) is 5.91 Å². The van der Waals surface area contributed by atoms with E-state index in [2.05, 4.69) is 48.6 Å². The first-order chi connectivity index (χ1) is 18.6. The van der Waals surface area contributed by atoms with E-state index in [1.54, 1.807) is 6.07 Å². The molecule has 2 N–H and O–H groups in total. The molecule has 1 aliphatic rings. The summed E-state index contributed by atoms with van der Waals surface area (Å²) in [7, 11) is 0. The quantitative estimate of drug-likeness (QED) is 0.135. The van der Waals surface area contributed by atoms with Gasteiger partial charge in [0.1, 0.15) is 11.5 Å². The van der Waals surface area contributed by atoms with Gasteiger partial charge in [-0.1, -0.05) is 107 Å². The summed E-state index contributed by atoms with van der Waals surface area (Å²) < 4.78 is 5.84. The molecular weight excluding hydrogens is 472 g/mol. The van der Waals surface area contributed by atoms with E-state index in [0.717, 1.165) is 36.8 Å². The van der Waals surface area contributed by atoms with Crippen LogP contribution in [0.1, 0.15) is 81.9 Å². The van der Waals surface area contributed by atoms with Crippen LogP contribution in [0.2, 0.25) is 0 Å². The largest absolute Gasteiger partial charge is 0.507 e. The lowest BCUT2D eigenvalue weighted by Gasteiger charge is -2.18. The second-order valence-corrected chi connectivity index (χ2v) is 10.2. The van der Waals surface area contributed by atoms with Gasteiger partial charge in [-0.2, -0.15) is 5.10 Å². The van der Waals surface area contributed by atoms with Crippen LogP contribution in [0.5, 0.6) is 11.5 Å². The van der Waals surface area contributed by atoms with Crippen molar-refractivity contribution in [2.45, 2.75) is 70.6 Å². The van der Waals surface area contributed by atoms with Gasteiger partial charge in [-0.25, -0.2) is 5.43 Å². The Morgan fingerprint density at radius 2 is 1.58 bits per heavy atom. The number of unbranched alkanes of at least 4 members (excludes halogenated alkanes) is 4. The number of hydrogen-bond donors (Lipinski definition) is 2. The van der Waals surface area contributed by atoms with Gasteiger partial charge in [0.25, 0.3) is 0 Å². The Balaban J connectivity index is 1.45. The molecule has 1 amide bonds. The normalized spacial score (nSPS) is 16.2. The van der Waals surface area contributed by atoms with Crippen LogP contribution in [-0.2, 0) is 10.2 Å². The predicted octanol–water partition coefficient (Wildman–Crippen LogP) is 7.37. The number of hydrazone groups is 1. The average Bonchev–Trinajstić information content (AvgIpc) is 3.71.